The van der Waals surface area contributed by atoms with Gasteiger partial charge in [0, 0.05) is 22.8 Å². The molecule has 1 heterocycles. The molecule has 0 aliphatic heterocycles. The van der Waals surface area contributed by atoms with Crippen molar-refractivity contribution in [2.75, 3.05) is 0 Å². The first kappa shape index (κ1) is 12.3. The Morgan fingerprint density at radius 3 is 2.76 bits per heavy atom. The zero-order valence-electron chi connectivity index (χ0n) is 9.60. The molecular weight excluding hydrogens is 278 g/mol. The van der Waals surface area contributed by atoms with Gasteiger partial charge in [-0.15, -0.1) is 0 Å². The normalized spacial score (nSPS) is 12.4. The average Bonchev–Trinajstić information content (AvgIpc) is 2.34. The molecule has 0 saturated carbocycles. The molecule has 1 N–H and O–H groups in total. The summed E-state index contributed by atoms with van der Waals surface area (Å²) in [4.78, 5) is 4.21. The Hall–Kier alpha value is -1.19. The van der Waals surface area contributed by atoms with Crippen molar-refractivity contribution in [1.29, 1.82) is 0 Å². The molecule has 1 unspecified atom stereocenters. The van der Waals surface area contributed by atoms with Crippen molar-refractivity contribution < 1.29 is 5.11 Å². The summed E-state index contributed by atoms with van der Waals surface area (Å²) in [5, 5.41) is 10.1. The van der Waals surface area contributed by atoms with E-state index < -0.39 is 6.10 Å². The minimum atomic E-state index is -0.503. The Morgan fingerprint density at radius 1 is 1.29 bits per heavy atom. The molecule has 3 heteroatoms. The van der Waals surface area contributed by atoms with Crippen LogP contribution in [-0.2, 0) is 6.42 Å². The van der Waals surface area contributed by atoms with Crippen LogP contribution in [0.4, 0.5) is 0 Å². The van der Waals surface area contributed by atoms with Gasteiger partial charge in [-0.25, -0.2) is 0 Å². The van der Waals surface area contributed by atoms with Gasteiger partial charge in [-0.05, 0) is 36.2 Å². The van der Waals surface area contributed by atoms with Crippen molar-refractivity contribution >= 4 is 15.9 Å². The van der Waals surface area contributed by atoms with Crippen LogP contribution in [0.2, 0.25) is 0 Å². The van der Waals surface area contributed by atoms with Crippen LogP contribution in [0.25, 0.3) is 0 Å². The molecule has 0 fully saturated rings. The number of aryl methyl sites for hydroxylation is 1. The Labute approximate surface area is 109 Å². The van der Waals surface area contributed by atoms with E-state index in [1.54, 1.807) is 6.20 Å². The molecule has 2 rings (SSSR count). The number of aliphatic hydroxyl groups excluding tert-OH is 1. The van der Waals surface area contributed by atoms with Crippen LogP contribution < -0.4 is 0 Å². The molecule has 2 nitrogen and oxygen atoms in total. The minimum absolute atomic E-state index is 0.503. The molecule has 88 valence electrons. The Kier molecular flexibility index (Phi) is 3.92. The quantitative estimate of drug-likeness (QED) is 0.940. The number of aromatic nitrogens is 1. The van der Waals surface area contributed by atoms with Crippen molar-refractivity contribution in [3.05, 3.63) is 63.9 Å². The van der Waals surface area contributed by atoms with E-state index in [1.807, 2.05) is 43.3 Å². The first-order chi connectivity index (χ1) is 8.16. The van der Waals surface area contributed by atoms with E-state index in [2.05, 4.69) is 20.9 Å². The molecule has 0 aliphatic rings. The van der Waals surface area contributed by atoms with E-state index in [9.17, 15) is 5.11 Å². The summed E-state index contributed by atoms with van der Waals surface area (Å²) in [6, 6.07) is 11.6. The maximum atomic E-state index is 10.1. The monoisotopic (exact) mass is 291 g/mol. The lowest BCUT2D eigenvalue weighted by atomic mass is 10.0. The summed E-state index contributed by atoms with van der Waals surface area (Å²) < 4.78 is 1.06. The fraction of sp³-hybridized carbons (Fsp3) is 0.214. The SMILES string of the molecule is Cc1cc(C(O)Cc2ccccn2)ccc1Br. The average molecular weight is 292 g/mol. The summed E-state index contributed by atoms with van der Waals surface area (Å²) in [6.07, 6.45) is 1.79. The van der Waals surface area contributed by atoms with Crippen LogP contribution in [0.3, 0.4) is 0 Å². The van der Waals surface area contributed by atoms with Crippen LogP contribution in [-0.4, -0.2) is 10.1 Å². The van der Waals surface area contributed by atoms with Gasteiger partial charge in [0.2, 0.25) is 0 Å². The van der Waals surface area contributed by atoms with Gasteiger partial charge in [-0.2, -0.15) is 0 Å². The van der Waals surface area contributed by atoms with Gasteiger partial charge in [0.15, 0.2) is 0 Å². The minimum Gasteiger partial charge on any atom is -0.388 e. The molecule has 0 radical (unpaired) electrons. The smallest absolute Gasteiger partial charge is 0.0845 e. The fourth-order valence-corrected chi connectivity index (χ4v) is 1.96. The van der Waals surface area contributed by atoms with Gasteiger partial charge in [0.05, 0.1) is 6.10 Å². The topological polar surface area (TPSA) is 33.1 Å². The van der Waals surface area contributed by atoms with E-state index in [1.165, 1.54) is 0 Å². The van der Waals surface area contributed by atoms with Gasteiger partial charge < -0.3 is 5.11 Å². The number of hydrogen-bond donors (Lipinski definition) is 1. The van der Waals surface area contributed by atoms with E-state index in [4.69, 9.17) is 0 Å². The predicted molar refractivity (Wildman–Crippen MR) is 71.8 cm³/mol. The largest absolute Gasteiger partial charge is 0.388 e. The first-order valence-electron chi connectivity index (χ1n) is 5.51. The number of rotatable bonds is 3. The molecule has 0 saturated heterocycles. The van der Waals surface area contributed by atoms with Crippen LogP contribution in [0, 0.1) is 6.92 Å². The summed E-state index contributed by atoms with van der Waals surface area (Å²) in [5.41, 5.74) is 2.96. The third kappa shape index (κ3) is 3.14. The molecule has 0 aliphatic carbocycles. The molecule has 0 spiro atoms. The third-order valence-electron chi connectivity index (χ3n) is 2.70. The lowest BCUT2D eigenvalue weighted by Gasteiger charge is -2.11. The van der Waals surface area contributed by atoms with Gasteiger partial charge in [-0.1, -0.05) is 34.1 Å². The maximum absolute atomic E-state index is 10.1. The van der Waals surface area contributed by atoms with E-state index >= 15 is 0 Å². The number of aliphatic hydroxyl groups is 1. The van der Waals surface area contributed by atoms with Gasteiger partial charge in [0.1, 0.15) is 0 Å². The molecule has 0 bridgehead atoms. The summed E-state index contributed by atoms with van der Waals surface area (Å²) in [6.45, 7) is 2.01. The first-order valence-corrected chi connectivity index (χ1v) is 6.30. The molecule has 0 amide bonds. The number of nitrogens with zero attached hydrogens (tertiary/aromatic N) is 1. The second kappa shape index (κ2) is 5.43. The van der Waals surface area contributed by atoms with Crippen LogP contribution >= 0.6 is 15.9 Å². The zero-order chi connectivity index (χ0) is 12.3. The molecule has 2 aromatic rings. The Morgan fingerprint density at radius 2 is 2.12 bits per heavy atom. The van der Waals surface area contributed by atoms with Gasteiger partial charge in [-0.3, -0.25) is 4.98 Å². The Balaban J connectivity index is 2.14. The second-order valence-corrected chi connectivity index (χ2v) is 4.90. The molecule has 1 aromatic heterocycles. The number of halogens is 1. The zero-order valence-corrected chi connectivity index (χ0v) is 11.2. The predicted octanol–water partition coefficient (Wildman–Crippen LogP) is 3.43. The molecule has 17 heavy (non-hydrogen) atoms. The molecule has 1 aromatic carbocycles. The van der Waals surface area contributed by atoms with Gasteiger partial charge in [0.25, 0.3) is 0 Å². The fourth-order valence-electron chi connectivity index (χ4n) is 1.71. The number of benzene rings is 1. The summed E-state index contributed by atoms with van der Waals surface area (Å²) in [5.74, 6) is 0. The van der Waals surface area contributed by atoms with Gasteiger partial charge >= 0.3 is 0 Å². The van der Waals surface area contributed by atoms with Crippen molar-refractivity contribution in [2.45, 2.75) is 19.4 Å². The maximum Gasteiger partial charge on any atom is 0.0845 e. The van der Waals surface area contributed by atoms with E-state index in [0.29, 0.717) is 6.42 Å². The van der Waals surface area contributed by atoms with Crippen LogP contribution in [0.5, 0.6) is 0 Å². The standard InChI is InChI=1S/C14H14BrNO/c1-10-8-11(5-6-13(10)15)14(17)9-12-4-2-3-7-16-12/h2-8,14,17H,9H2,1H3. The summed E-state index contributed by atoms with van der Waals surface area (Å²) >= 11 is 3.45. The third-order valence-corrected chi connectivity index (χ3v) is 3.59. The lowest BCUT2D eigenvalue weighted by molar-refractivity contribution is 0.177. The second-order valence-electron chi connectivity index (χ2n) is 4.05. The van der Waals surface area contributed by atoms with Crippen molar-refractivity contribution in [3.63, 3.8) is 0 Å². The van der Waals surface area contributed by atoms with E-state index in [-0.39, 0.29) is 0 Å². The Bertz CT molecular complexity index is 499. The highest BCUT2D eigenvalue weighted by molar-refractivity contribution is 9.10. The van der Waals surface area contributed by atoms with Crippen molar-refractivity contribution in [3.8, 4) is 0 Å². The highest BCUT2D eigenvalue weighted by atomic mass is 79.9. The molecule has 1 atom stereocenters. The number of pyridine rings is 1. The summed E-state index contributed by atoms with van der Waals surface area (Å²) in [7, 11) is 0. The molecular formula is C14H14BrNO. The lowest BCUT2D eigenvalue weighted by Crippen LogP contribution is -2.03. The van der Waals surface area contributed by atoms with Crippen molar-refractivity contribution in [1.82, 2.24) is 4.98 Å². The number of hydrogen-bond acceptors (Lipinski definition) is 2. The highest BCUT2D eigenvalue weighted by Gasteiger charge is 2.10. The van der Waals surface area contributed by atoms with Crippen molar-refractivity contribution in [2.24, 2.45) is 0 Å². The van der Waals surface area contributed by atoms with E-state index in [0.717, 1.165) is 21.3 Å². The highest BCUT2D eigenvalue weighted by Crippen LogP contribution is 2.23. The van der Waals surface area contributed by atoms with Crippen LogP contribution in [0.1, 0.15) is 22.9 Å². The van der Waals surface area contributed by atoms with Crippen LogP contribution in [0.15, 0.2) is 47.1 Å².